The zero-order valence-electron chi connectivity index (χ0n) is 19.5. The summed E-state index contributed by atoms with van der Waals surface area (Å²) in [6.45, 7) is 4.01. The number of nitrogens with one attached hydrogen (secondary N) is 2. The molecule has 0 aliphatic rings. The van der Waals surface area contributed by atoms with E-state index in [9.17, 15) is 4.79 Å². The Hall–Kier alpha value is -3.62. The van der Waals surface area contributed by atoms with Crippen LogP contribution in [0.25, 0.3) is 22.5 Å². The lowest BCUT2D eigenvalue weighted by Gasteiger charge is -2.27. The van der Waals surface area contributed by atoms with Crippen molar-refractivity contribution in [1.82, 2.24) is 15.4 Å². The van der Waals surface area contributed by atoms with Crippen molar-refractivity contribution in [1.29, 1.82) is 0 Å². The Morgan fingerprint density at radius 3 is 2.03 bits per heavy atom. The fourth-order valence-corrected chi connectivity index (χ4v) is 4.76. The van der Waals surface area contributed by atoms with Crippen molar-refractivity contribution in [3.8, 4) is 22.5 Å². The second-order valence-electron chi connectivity index (χ2n) is 8.27. The van der Waals surface area contributed by atoms with Crippen LogP contribution in [0.1, 0.15) is 13.8 Å². The number of hydrogen-bond donors (Lipinski definition) is 3. The van der Waals surface area contributed by atoms with Gasteiger partial charge in [-0.05, 0) is 30.3 Å². The van der Waals surface area contributed by atoms with Gasteiger partial charge in [0.1, 0.15) is 0 Å². The third-order valence-corrected chi connectivity index (χ3v) is 6.96. The third kappa shape index (κ3) is 5.90. The van der Waals surface area contributed by atoms with Crippen LogP contribution in [0.5, 0.6) is 0 Å². The number of benzene rings is 3. The minimum atomic E-state index is -0.436. The number of imidazole rings is 1. The molecule has 1 unspecified atom stereocenters. The average molecular weight is 502 g/mol. The second kappa shape index (κ2) is 11.2. The van der Waals surface area contributed by atoms with Crippen molar-refractivity contribution >= 4 is 40.7 Å². The van der Waals surface area contributed by atoms with Gasteiger partial charge in [-0.3, -0.25) is 10.2 Å². The van der Waals surface area contributed by atoms with Gasteiger partial charge in [-0.15, -0.1) is 0 Å². The fourth-order valence-electron chi connectivity index (χ4n) is 3.64. The molecular formula is C27H27N5OS2. The van der Waals surface area contributed by atoms with Crippen LogP contribution in [0, 0.1) is 5.92 Å². The van der Waals surface area contributed by atoms with Crippen LogP contribution in [0.15, 0.2) is 96.2 Å². The molecule has 0 saturated carbocycles. The van der Waals surface area contributed by atoms with Gasteiger partial charge >= 0.3 is 0 Å². The molecule has 4 aromatic rings. The first-order valence-electron chi connectivity index (χ1n) is 11.3. The van der Waals surface area contributed by atoms with Gasteiger partial charge < -0.3 is 10.7 Å². The van der Waals surface area contributed by atoms with E-state index in [1.807, 2.05) is 105 Å². The van der Waals surface area contributed by atoms with E-state index in [1.54, 1.807) is 0 Å². The van der Waals surface area contributed by atoms with Crippen molar-refractivity contribution in [2.75, 3.05) is 5.01 Å². The average Bonchev–Trinajstić information content (AvgIpc) is 3.31. The highest BCUT2D eigenvalue weighted by Gasteiger charge is 2.28. The number of aromatic nitrogens is 2. The standard InChI is InChI=1S/C27H27N5OS2/c1-18(2)24(25(33)31-32(26(28)34)21-16-10-5-11-17-21)35-27-29-22(19-12-6-3-7-13-19)23(30-27)20-14-8-4-9-15-20/h3-18,24H,1-2H3,(H2,28,34)(H,29,30)(H,31,33). The lowest BCUT2D eigenvalue weighted by molar-refractivity contribution is -0.121. The lowest BCUT2D eigenvalue weighted by Crippen LogP contribution is -2.52. The van der Waals surface area contributed by atoms with E-state index in [1.165, 1.54) is 16.8 Å². The van der Waals surface area contributed by atoms with Gasteiger partial charge in [-0.25, -0.2) is 9.99 Å². The molecule has 1 aromatic heterocycles. The first-order chi connectivity index (χ1) is 16.9. The summed E-state index contributed by atoms with van der Waals surface area (Å²) in [6, 6.07) is 29.4. The van der Waals surface area contributed by atoms with Gasteiger partial charge in [-0.1, -0.05) is 104 Å². The van der Waals surface area contributed by atoms with Gasteiger partial charge in [0, 0.05) is 11.1 Å². The number of carbonyl (C=O) groups excluding carboxylic acids is 1. The van der Waals surface area contributed by atoms with Crippen molar-refractivity contribution in [3.05, 3.63) is 91.0 Å². The molecule has 1 atom stereocenters. The number of nitrogens with zero attached hydrogens (tertiary/aromatic N) is 2. The number of nitrogens with two attached hydrogens (primary N) is 1. The van der Waals surface area contributed by atoms with Crippen LogP contribution >= 0.6 is 24.0 Å². The molecule has 6 nitrogen and oxygen atoms in total. The first-order valence-corrected chi connectivity index (χ1v) is 12.6. The van der Waals surface area contributed by atoms with Crippen molar-refractivity contribution in [2.45, 2.75) is 24.3 Å². The monoisotopic (exact) mass is 501 g/mol. The molecule has 8 heteroatoms. The number of hydrazine groups is 1. The normalized spacial score (nSPS) is 11.7. The lowest BCUT2D eigenvalue weighted by atomic mass is 10.1. The quantitative estimate of drug-likeness (QED) is 0.173. The Morgan fingerprint density at radius 1 is 0.943 bits per heavy atom. The summed E-state index contributed by atoms with van der Waals surface area (Å²) in [6.07, 6.45) is 0. The fraction of sp³-hybridized carbons (Fsp3) is 0.148. The van der Waals surface area contributed by atoms with Crippen molar-refractivity contribution < 1.29 is 4.79 Å². The summed E-state index contributed by atoms with van der Waals surface area (Å²) < 4.78 is 0. The number of aromatic amines is 1. The van der Waals surface area contributed by atoms with Crippen LogP contribution in [0.4, 0.5) is 5.69 Å². The molecule has 0 fully saturated rings. The topological polar surface area (TPSA) is 87.0 Å². The summed E-state index contributed by atoms with van der Waals surface area (Å²) in [5.41, 5.74) is 13.3. The van der Waals surface area contributed by atoms with Crippen LogP contribution in [0.2, 0.25) is 0 Å². The molecule has 3 aromatic carbocycles. The van der Waals surface area contributed by atoms with E-state index >= 15 is 0 Å². The Labute approximate surface area is 214 Å². The van der Waals surface area contributed by atoms with Gasteiger partial charge in [0.25, 0.3) is 5.91 Å². The van der Waals surface area contributed by atoms with Gasteiger partial charge in [0.15, 0.2) is 10.3 Å². The molecule has 4 rings (SSSR count). The van der Waals surface area contributed by atoms with Crippen molar-refractivity contribution in [3.63, 3.8) is 0 Å². The predicted molar refractivity (Wildman–Crippen MR) is 148 cm³/mol. The molecule has 1 amide bonds. The smallest absolute Gasteiger partial charge is 0.252 e. The summed E-state index contributed by atoms with van der Waals surface area (Å²) >= 11 is 6.58. The minimum absolute atomic E-state index is 0.0226. The molecule has 4 N–H and O–H groups in total. The Morgan fingerprint density at radius 2 is 1.49 bits per heavy atom. The molecule has 1 heterocycles. The van der Waals surface area contributed by atoms with Gasteiger partial charge in [0.2, 0.25) is 0 Å². The molecule has 0 spiro atoms. The highest BCUT2D eigenvalue weighted by molar-refractivity contribution is 8.00. The molecule has 0 bridgehead atoms. The summed E-state index contributed by atoms with van der Waals surface area (Å²) in [5, 5.41) is 1.72. The molecule has 0 radical (unpaired) electrons. The largest absolute Gasteiger partial charge is 0.374 e. The summed E-state index contributed by atoms with van der Waals surface area (Å²) in [7, 11) is 0. The number of H-pyrrole nitrogens is 1. The first kappa shape index (κ1) is 24.5. The summed E-state index contributed by atoms with van der Waals surface area (Å²) in [4.78, 5) is 21.7. The number of anilines is 1. The van der Waals surface area contributed by atoms with Crippen LogP contribution in [-0.2, 0) is 4.79 Å². The van der Waals surface area contributed by atoms with E-state index in [4.69, 9.17) is 22.9 Å². The third-order valence-electron chi connectivity index (χ3n) is 5.35. The number of amides is 1. The minimum Gasteiger partial charge on any atom is -0.374 e. The van der Waals surface area contributed by atoms with Crippen LogP contribution < -0.4 is 16.2 Å². The SMILES string of the molecule is CC(C)C(Sc1nc(-c2ccccc2)c(-c2ccccc2)[nH]1)C(=O)NN(C(N)=S)c1ccccc1. The van der Waals surface area contributed by atoms with Gasteiger partial charge in [-0.2, -0.15) is 0 Å². The highest BCUT2D eigenvalue weighted by Crippen LogP contribution is 2.35. The Balaban J connectivity index is 1.63. The number of hydrogen-bond acceptors (Lipinski definition) is 4. The number of thioether (sulfide) groups is 1. The zero-order valence-corrected chi connectivity index (χ0v) is 21.1. The molecule has 178 valence electrons. The molecule has 0 aliphatic carbocycles. The van der Waals surface area contributed by atoms with E-state index in [-0.39, 0.29) is 16.9 Å². The summed E-state index contributed by atoms with van der Waals surface area (Å²) in [5.74, 6) is -0.185. The predicted octanol–water partition coefficient (Wildman–Crippen LogP) is 5.64. The number of thiocarbonyl (C=S) groups is 1. The maximum Gasteiger partial charge on any atom is 0.252 e. The van der Waals surface area contributed by atoms with E-state index in [0.717, 1.165) is 22.5 Å². The Bertz CT molecular complexity index is 1220. The maximum absolute atomic E-state index is 13.4. The molecule has 0 saturated heterocycles. The van der Waals surface area contributed by atoms with Gasteiger partial charge in [0.05, 0.1) is 22.3 Å². The molecular weight excluding hydrogens is 474 g/mol. The molecule has 35 heavy (non-hydrogen) atoms. The maximum atomic E-state index is 13.4. The zero-order chi connectivity index (χ0) is 24.8. The second-order valence-corrected chi connectivity index (χ2v) is 9.81. The highest BCUT2D eigenvalue weighted by atomic mass is 32.2. The number of rotatable bonds is 7. The van der Waals surface area contributed by atoms with E-state index in [2.05, 4.69) is 10.4 Å². The molecule has 0 aliphatic heterocycles. The van der Waals surface area contributed by atoms with E-state index < -0.39 is 5.25 Å². The van der Waals surface area contributed by atoms with Crippen LogP contribution in [0.3, 0.4) is 0 Å². The number of para-hydroxylation sites is 1. The Kier molecular flexibility index (Phi) is 7.84. The van der Waals surface area contributed by atoms with E-state index in [0.29, 0.717) is 10.8 Å². The van der Waals surface area contributed by atoms with Crippen molar-refractivity contribution in [2.24, 2.45) is 11.7 Å². The van der Waals surface area contributed by atoms with Crippen LogP contribution in [-0.4, -0.2) is 26.2 Å². The number of carbonyl (C=O) groups is 1.